The van der Waals surface area contributed by atoms with Gasteiger partial charge in [-0.2, -0.15) is 0 Å². The first-order chi connectivity index (χ1) is 7.50. The van der Waals surface area contributed by atoms with Crippen LogP contribution in [0.3, 0.4) is 0 Å². The third kappa shape index (κ3) is 1.81. The van der Waals surface area contributed by atoms with Crippen LogP contribution in [0.25, 0.3) is 0 Å². The van der Waals surface area contributed by atoms with Crippen LogP contribution in [0.4, 0.5) is 0 Å². The van der Waals surface area contributed by atoms with Crippen molar-refractivity contribution < 1.29 is 9.53 Å². The van der Waals surface area contributed by atoms with Gasteiger partial charge in [0.25, 0.3) is 0 Å². The van der Waals surface area contributed by atoms with Crippen molar-refractivity contribution in [3.8, 4) is 0 Å². The summed E-state index contributed by atoms with van der Waals surface area (Å²) in [5.41, 5.74) is 0.904. The number of ether oxygens (including phenoxy) is 1. The smallest absolute Gasteiger partial charge is 0.345 e. The molecule has 0 atom stereocenters. The zero-order chi connectivity index (χ0) is 11.9. The molecule has 0 N–H and O–H groups in total. The van der Waals surface area contributed by atoms with E-state index in [0.29, 0.717) is 21.2 Å². The van der Waals surface area contributed by atoms with Crippen LogP contribution in [0.5, 0.6) is 0 Å². The van der Waals surface area contributed by atoms with Gasteiger partial charge in [-0.1, -0.05) is 23.2 Å². The number of rotatable bonds is 1. The number of benzene rings is 1. The summed E-state index contributed by atoms with van der Waals surface area (Å²) in [5.74, 6) is -0.185. The third-order valence-corrected chi connectivity index (χ3v) is 2.90. The standard InChI is InChI=1S/C11H9Cl2NO2/c1-5(2)14-10-8-6(11(15)16-10)3-4-7(12)9(8)13/h3-5H,1-2H3. The van der Waals surface area contributed by atoms with Gasteiger partial charge in [0.1, 0.15) is 0 Å². The van der Waals surface area contributed by atoms with Crippen LogP contribution < -0.4 is 0 Å². The van der Waals surface area contributed by atoms with Crippen molar-refractivity contribution in [3.63, 3.8) is 0 Å². The second-order valence-corrected chi connectivity index (χ2v) is 4.49. The summed E-state index contributed by atoms with van der Waals surface area (Å²) in [6.07, 6.45) is 0. The third-order valence-electron chi connectivity index (χ3n) is 2.09. The number of aliphatic imine (C=N–C) groups is 1. The van der Waals surface area contributed by atoms with Crippen LogP contribution in [0, 0.1) is 0 Å². The van der Waals surface area contributed by atoms with Gasteiger partial charge in [-0.3, -0.25) is 0 Å². The fraction of sp³-hybridized carbons (Fsp3) is 0.273. The first-order valence-corrected chi connectivity index (χ1v) is 5.54. The quantitative estimate of drug-likeness (QED) is 0.725. The molecule has 0 saturated carbocycles. The van der Waals surface area contributed by atoms with Crippen molar-refractivity contribution in [1.29, 1.82) is 0 Å². The molecule has 84 valence electrons. The van der Waals surface area contributed by atoms with E-state index in [1.54, 1.807) is 12.1 Å². The molecule has 1 aromatic carbocycles. The zero-order valence-electron chi connectivity index (χ0n) is 8.75. The van der Waals surface area contributed by atoms with Crippen LogP contribution >= 0.6 is 23.2 Å². The summed E-state index contributed by atoms with van der Waals surface area (Å²) in [6.45, 7) is 3.77. The number of nitrogens with zero attached hydrogens (tertiary/aromatic N) is 1. The summed E-state index contributed by atoms with van der Waals surface area (Å²) >= 11 is 11.9. The molecular formula is C11H9Cl2NO2. The number of halogens is 2. The van der Waals surface area contributed by atoms with E-state index in [-0.39, 0.29) is 11.9 Å². The minimum Gasteiger partial charge on any atom is -0.403 e. The summed E-state index contributed by atoms with van der Waals surface area (Å²) in [4.78, 5) is 15.7. The molecule has 0 radical (unpaired) electrons. The van der Waals surface area contributed by atoms with Crippen LogP contribution in [-0.4, -0.2) is 17.9 Å². The Morgan fingerprint density at radius 3 is 2.62 bits per heavy atom. The molecular weight excluding hydrogens is 249 g/mol. The number of fused-ring (bicyclic) bond motifs is 1. The molecule has 0 unspecified atom stereocenters. The molecule has 1 aromatic rings. The van der Waals surface area contributed by atoms with Gasteiger partial charge in [-0.25, -0.2) is 9.79 Å². The van der Waals surface area contributed by atoms with Gasteiger partial charge in [0.2, 0.25) is 5.90 Å². The van der Waals surface area contributed by atoms with Gasteiger partial charge in [-0.05, 0) is 26.0 Å². The molecule has 5 heteroatoms. The summed E-state index contributed by atoms with van der Waals surface area (Å²) in [5, 5.41) is 0.694. The Morgan fingerprint density at radius 2 is 2.00 bits per heavy atom. The van der Waals surface area contributed by atoms with Gasteiger partial charge in [0.15, 0.2) is 0 Å². The van der Waals surface area contributed by atoms with Gasteiger partial charge in [0.05, 0.1) is 21.2 Å². The molecule has 0 amide bonds. The lowest BCUT2D eigenvalue weighted by Crippen LogP contribution is -2.04. The Balaban J connectivity index is 2.64. The Morgan fingerprint density at radius 1 is 1.31 bits per heavy atom. The van der Waals surface area contributed by atoms with Crippen LogP contribution in [0.2, 0.25) is 10.0 Å². The zero-order valence-corrected chi connectivity index (χ0v) is 10.3. The Kier molecular flexibility index (Phi) is 2.91. The molecule has 1 aliphatic heterocycles. The van der Waals surface area contributed by atoms with Gasteiger partial charge in [0, 0.05) is 6.04 Å². The second-order valence-electron chi connectivity index (χ2n) is 3.70. The highest BCUT2D eigenvalue weighted by Gasteiger charge is 2.31. The number of carbonyl (C=O) groups excluding carboxylic acids is 1. The van der Waals surface area contributed by atoms with Crippen LogP contribution in [-0.2, 0) is 4.74 Å². The van der Waals surface area contributed by atoms with Crippen LogP contribution in [0.15, 0.2) is 17.1 Å². The molecule has 2 rings (SSSR count). The van der Waals surface area contributed by atoms with E-state index in [1.807, 2.05) is 13.8 Å². The Bertz CT molecular complexity index is 495. The van der Waals surface area contributed by atoms with E-state index in [1.165, 1.54) is 0 Å². The maximum atomic E-state index is 11.5. The lowest BCUT2D eigenvalue weighted by molar-refractivity contribution is 0.0736. The minimum atomic E-state index is -0.437. The maximum absolute atomic E-state index is 11.5. The number of carbonyl (C=O) groups is 1. The summed E-state index contributed by atoms with van der Waals surface area (Å²) in [6, 6.07) is 3.18. The number of hydrogen-bond acceptors (Lipinski definition) is 3. The van der Waals surface area contributed by atoms with E-state index in [9.17, 15) is 4.79 Å². The fourth-order valence-corrected chi connectivity index (χ4v) is 1.85. The molecule has 1 aliphatic rings. The van der Waals surface area contributed by atoms with Crippen molar-refractivity contribution in [1.82, 2.24) is 0 Å². The molecule has 0 aromatic heterocycles. The second kappa shape index (κ2) is 4.07. The number of esters is 1. The van der Waals surface area contributed by atoms with Crippen molar-refractivity contribution in [2.75, 3.05) is 0 Å². The van der Waals surface area contributed by atoms with Crippen molar-refractivity contribution in [2.24, 2.45) is 4.99 Å². The van der Waals surface area contributed by atoms with E-state index >= 15 is 0 Å². The highest BCUT2D eigenvalue weighted by atomic mass is 35.5. The molecule has 0 bridgehead atoms. The topological polar surface area (TPSA) is 38.7 Å². The van der Waals surface area contributed by atoms with Crippen LogP contribution in [0.1, 0.15) is 29.8 Å². The lowest BCUT2D eigenvalue weighted by atomic mass is 10.1. The van der Waals surface area contributed by atoms with E-state index < -0.39 is 5.97 Å². The molecule has 16 heavy (non-hydrogen) atoms. The molecule has 1 heterocycles. The SMILES string of the molecule is CC(C)N=C1OC(=O)c2ccc(Cl)c(Cl)c21. The minimum absolute atomic E-state index is 0.0174. The summed E-state index contributed by atoms with van der Waals surface area (Å²) < 4.78 is 5.05. The van der Waals surface area contributed by atoms with E-state index in [2.05, 4.69) is 4.99 Å². The molecule has 3 nitrogen and oxygen atoms in total. The first-order valence-electron chi connectivity index (χ1n) is 4.79. The first kappa shape index (κ1) is 11.4. The van der Waals surface area contributed by atoms with E-state index in [4.69, 9.17) is 27.9 Å². The Hall–Kier alpha value is -1.06. The molecule has 0 spiro atoms. The Labute approximate surface area is 103 Å². The van der Waals surface area contributed by atoms with Gasteiger partial charge in [-0.15, -0.1) is 0 Å². The van der Waals surface area contributed by atoms with Crippen molar-refractivity contribution in [2.45, 2.75) is 19.9 Å². The van der Waals surface area contributed by atoms with E-state index in [0.717, 1.165) is 0 Å². The predicted molar refractivity (Wildman–Crippen MR) is 63.6 cm³/mol. The monoisotopic (exact) mass is 257 g/mol. The van der Waals surface area contributed by atoms with Gasteiger partial charge < -0.3 is 4.74 Å². The largest absolute Gasteiger partial charge is 0.403 e. The summed E-state index contributed by atoms with van der Waals surface area (Å²) in [7, 11) is 0. The van der Waals surface area contributed by atoms with Crippen molar-refractivity contribution >= 4 is 35.1 Å². The highest BCUT2D eigenvalue weighted by molar-refractivity contribution is 6.45. The molecule has 0 aliphatic carbocycles. The maximum Gasteiger partial charge on any atom is 0.345 e. The predicted octanol–water partition coefficient (Wildman–Crippen LogP) is 3.32. The number of cyclic esters (lactones) is 1. The average Bonchev–Trinajstić information content (AvgIpc) is 2.49. The normalized spacial score (nSPS) is 16.8. The lowest BCUT2D eigenvalue weighted by Gasteiger charge is -2.03. The highest BCUT2D eigenvalue weighted by Crippen LogP contribution is 2.33. The molecule has 0 fully saturated rings. The number of hydrogen-bond donors (Lipinski definition) is 0. The fourth-order valence-electron chi connectivity index (χ4n) is 1.45. The average molecular weight is 258 g/mol. The molecule has 0 saturated heterocycles. The van der Waals surface area contributed by atoms with Crippen molar-refractivity contribution in [3.05, 3.63) is 33.3 Å². The van der Waals surface area contributed by atoms with Gasteiger partial charge >= 0.3 is 5.97 Å².